The number of furan rings is 1. The molecule has 0 bridgehead atoms. The first kappa shape index (κ1) is 17.9. The lowest BCUT2D eigenvalue weighted by atomic mass is 10.2. The molecular formula is C19H28N4O. The van der Waals surface area contributed by atoms with Crippen LogP contribution < -0.4 is 15.5 Å². The van der Waals surface area contributed by atoms with E-state index in [2.05, 4.69) is 51.8 Å². The summed E-state index contributed by atoms with van der Waals surface area (Å²) in [5.74, 6) is 1.83. The van der Waals surface area contributed by atoms with Gasteiger partial charge >= 0.3 is 0 Å². The van der Waals surface area contributed by atoms with E-state index in [1.165, 1.54) is 5.69 Å². The lowest BCUT2D eigenvalue weighted by molar-refractivity contribution is 0.506. The van der Waals surface area contributed by atoms with Crippen LogP contribution in [0.4, 0.5) is 5.69 Å². The van der Waals surface area contributed by atoms with Crippen LogP contribution in [-0.2, 0) is 6.42 Å². The van der Waals surface area contributed by atoms with Crippen LogP contribution in [0.25, 0.3) is 0 Å². The number of guanidine groups is 1. The Hall–Kier alpha value is -2.43. The van der Waals surface area contributed by atoms with Gasteiger partial charge in [0.1, 0.15) is 5.76 Å². The Morgan fingerprint density at radius 2 is 1.83 bits per heavy atom. The molecule has 0 radical (unpaired) electrons. The number of rotatable bonds is 9. The molecule has 0 amide bonds. The van der Waals surface area contributed by atoms with Crippen molar-refractivity contribution in [2.45, 2.75) is 19.3 Å². The molecule has 0 aliphatic heterocycles. The SMILES string of the molecule is CN=C(NCCCCN(C)c1ccccc1)NCCc1ccco1. The van der Waals surface area contributed by atoms with Gasteiger partial charge in [-0.1, -0.05) is 18.2 Å². The second-order valence-corrected chi connectivity index (χ2v) is 5.72. The molecule has 0 saturated heterocycles. The van der Waals surface area contributed by atoms with E-state index >= 15 is 0 Å². The van der Waals surface area contributed by atoms with Crippen LogP contribution in [0.5, 0.6) is 0 Å². The predicted molar refractivity (Wildman–Crippen MR) is 101 cm³/mol. The minimum Gasteiger partial charge on any atom is -0.469 e. The van der Waals surface area contributed by atoms with Gasteiger partial charge in [-0.2, -0.15) is 0 Å². The lowest BCUT2D eigenvalue weighted by Crippen LogP contribution is -2.38. The van der Waals surface area contributed by atoms with Crippen molar-refractivity contribution in [3.05, 3.63) is 54.5 Å². The van der Waals surface area contributed by atoms with Gasteiger partial charge in [0, 0.05) is 45.8 Å². The average Bonchev–Trinajstić information content (AvgIpc) is 3.14. The van der Waals surface area contributed by atoms with E-state index < -0.39 is 0 Å². The number of hydrogen-bond acceptors (Lipinski definition) is 3. The monoisotopic (exact) mass is 328 g/mol. The number of para-hydroxylation sites is 1. The largest absolute Gasteiger partial charge is 0.469 e. The Morgan fingerprint density at radius 1 is 1.04 bits per heavy atom. The second kappa shape index (κ2) is 10.4. The third-order valence-electron chi connectivity index (χ3n) is 3.88. The van der Waals surface area contributed by atoms with E-state index in [-0.39, 0.29) is 0 Å². The van der Waals surface area contributed by atoms with Crippen molar-refractivity contribution in [2.24, 2.45) is 4.99 Å². The highest BCUT2D eigenvalue weighted by atomic mass is 16.3. The summed E-state index contributed by atoms with van der Waals surface area (Å²) >= 11 is 0. The first-order valence-electron chi connectivity index (χ1n) is 8.52. The zero-order chi connectivity index (χ0) is 17.0. The fourth-order valence-electron chi connectivity index (χ4n) is 2.47. The molecule has 2 aromatic rings. The summed E-state index contributed by atoms with van der Waals surface area (Å²) < 4.78 is 5.32. The molecule has 0 atom stereocenters. The Morgan fingerprint density at radius 3 is 2.54 bits per heavy atom. The molecule has 24 heavy (non-hydrogen) atoms. The Labute approximate surface area is 144 Å². The van der Waals surface area contributed by atoms with Crippen molar-refractivity contribution < 1.29 is 4.42 Å². The molecule has 5 nitrogen and oxygen atoms in total. The molecule has 1 aromatic heterocycles. The van der Waals surface area contributed by atoms with Gasteiger partial charge in [-0.05, 0) is 37.1 Å². The molecule has 130 valence electrons. The van der Waals surface area contributed by atoms with E-state index in [0.717, 1.165) is 50.6 Å². The molecule has 0 aliphatic rings. The minimum atomic E-state index is 0.809. The predicted octanol–water partition coefficient (Wildman–Crippen LogP) is 2.90. The first-order chi connectivity index (χ1) is 11.8. The maximum absolute atomic E-state index is 5.32. The normalized spacial score (nSPS) is 11.3. The number of nitrogens with zero attached hydrogens (tertiary/aromatic N) is 2. The molecule has 1 aromatic carbocycles. The van der Waals surface area contributed by atoms with E-state index in [1.807, 2.05) is 18.2 Å². The van der Waals surface area contributed by atoms with Gasteiger partial charge in [0.25, 0.3) is 0 Å². The van der Waals surface area contributed by atoms with Crippen LogP contribution in [0.2, 0.25) is 0 Å². The number of nitrogens with one attached hydrogen (secondary N) is 2. The summed E-state index contributed by atoms with van der Waals surface area (Å²) in [7, 11) is 3.93. The first-order valence-corrected chi connectivity index (χ1v) is 8.52. The van der Waals surface area contributed by atoms with Crippen molar-refractivity contribution in [1.82, 2.24) is 10.6 Å². The van der Waals surface area contributed by atoms with Crippen LogP contribution in [0, 0.1) is 0 Å². The molecule has 1 heterocycles. The summed E-state index contributed by atoms with van der Waals surface area (Å²) in [4.78, 5) is 6.53. The number of anilines is 1. The van der Waals surface area contributed by atoms with Crippen molar-refractivity contribution in [2.75, 3.05) is 38.6 Å². The van der Waals surface area contributed by atoms with Gasteiger partial charge in [0.2, 0.25) is 0 Å². The summed E-state index contributed by atoms with van der Waals surface area (Å²) in [5.41, 5.74) is 1.26. The van der Waals surface area contributed by atoms with E-state index in [9.17, 15) is 0 Å². The summed E-state index contributed by atoms with van der Waals surface area (Å²) in [6.07, 6.45) is 4.81. The van der Waals surface area contributed by atoms with E-state index in [1.54, 1.807) is 13.3 Å². The number of benzene rings is 1. The lowest BCUT2D eigenvalue weighted by Gasteiger charge is -2.19. The van der Waals surface area contributed by atoms with Crippen LogP contribution >= 0.6 is 0 Å². The molecule has 2 N–H and O–H groups in total. The fourth-order valence-corrected chi connectivity index (χ4v) is 2.47. The summed E-state index contributed by atoms with van der Waals surface area (Å²) in [6.45, 7) is 2.78. The smallest absolute Gasteiger partial charge is 0.190 e. The molecule has 0 saturated carbocycles. The Balaban J connectivity index is 1.55. The number of unbranched alkanes of at least 4 members (excludes halogenated alkanes) is 1. The molecule has 0 fully saturated rings. The summed E-state index contributed by atoms with van der Waals surface area (Å²) in [6, 6.07) is 14.4. The topological polar surface area (TPSA) is 52.8 Å². The Kier molecular flexibility index (Phi) is 7.74. The van der Waals surface area contributed by atoms with Gasteiger partial charge in [-0.25, -0.2) is 0 Å². The average molecular weight is 328 g/mol. The number of hydrogen-bond donors (Lipinski definition) is 2. The van der Waals surface area contributed by atoms with Crippen molar-refractivity contribution in [3.8, 4) is 0 Å². The van der Waals surface area contributed by atoms with Crippen LogP contribution in [0.3, 0.4) is 0 Å². The quantitative estimate of drug-likeness (QED) is 0.422. The highest BCUT2D eigenvalue weighted by Gasteiger charge is 2.01. The van der Waals surface area contributed by atoms with Gasteiger partial charge in [-0.15, -0.1) is 0 Å². The van der Waals surface area contributed by atoms with Gasteiger partial charge in [0.05, 0.1) is 6.26 Å². The molecule has 0 aliphatic carbocycles. The number of aliphatic imine (C=N–C) groups is 1. The fraction of sp³-hybridized carbons (Fsp3) is 0.421. The standard InChI is InChI=1S/C19H28N4O/c1-20-19(22-14-12-18-11-8-16-24-18)21-13-6-7-15-23(2)17-9-4-3-5-10-17/h3-5,8-11,16H,6-7,12-15H2,1-2H3,(H2,20,21,22). The highest BCUT2D eigenvalue weighted by molar-refractivity contribution is 5.79. The zero-order valence-corrected chi connectivity index (χ0v) is 14.7. The minimum absolute atomic E-state index is 0.809. The van der Waals surface area contributed by atoms with Crippen molar-refractivity contribution in [3.63, 3.8) is 0 Å². The van der Waals surface area contributed by atoms with Gasteiger partial charge in [0.15, 0.2) is 5.96 Å². The molecule has 5 heteroatoms. The van der Waals surface area contributed by atoms with E-state index in [0.29, 0.717) is 0 Å². The molecule has 2 rings (SSSR count). The maximum atomic E-state index is 5.32. The van der Waals surface area contributed by atoms with Crippen LogP contribution in [0.15, 0.2) is 58.1 Å². The third kappa shape index (κ3) is 6.36. The molecule has 0 spiro atoms. The third-order valence-corrected chi connectivity index (χ3v) is 3.88. The summed E-state index contributed by atoms with van der Waals surface area (Å²) in [5, 5.41) is 6.65. The molecular weight excluding hydrogens is 300 g/mol. The highest BCUT2D eigenvalue weighted by Crippen LogP contribution is 2.11. The zero-order valence-electron chi connectivity index (χ0n) is 14.7. The Bertz CT molecular complexity index is 581. The van der Waals surface area contributed by atoms with Crippen LogP contribution in [0.1, 0.15) is 18.6 Å². The van der Waals surface area contributed by atoms with Gasteiger partial charge < -0.3 is 20.0 Å². The molecule has 0 unspecified atom stereocenters. The second-order valence-electron chi connectivity index (χ2n) is 5.72. The van der Waals surface area contributed by atoms with Crippen molar-refractivity contribution in [1.29, 1.82) is 0 Å². The van der Waals surface area contributed by atoms with E-state index in [4.69, 9.17) is 4.42 Å². The van der Waals surface area contributed by atoms with Crippen molar-refractivity contribution >= 4 is 11.6 Å². The maximum Gasteiger partial charge on any atom is 0.190 e. The van der Waals surface area contributed by atoms with Gasteiger partial charge in [-0.3, -0.25) is 4.99 Å². The van der Waals surface area contributed by atoms with Crippen LogP contribution in [-0.4, -0.2) is 39.7 Å².